The summed E-state index contributed by atoms with van der Waals surface area (Å²) < 4.78 is 5.35. The summed E-state index contributed by atoms with van der Waals surface area (Å²) in [6.45, 7) is 8.37. The molecular formula is C16H28N4O. The van der Waals surface area contributed by atoms with E-state index in [2.05, 4.69) is 41.1 Å². The predicted octanol–water partition coefficient (Wildman–Crippen LogP) is 2.69. The molecule has 0 aliphatic carbocycles. The molecule has 3 heterocycles. The van der Waals surface area contributed by atoms with Gasteiger partial charge in [-0.15, -0.1) is 0 Å². The van der Waals surface area contributed by atoms with Crippen LogP contribution in [0.5, 0.6) is 0 Å². The zero-order valence-electron chi connectivity index (χ0n) is 13.5. The molecule has 2 saturated heterocycles. The van der Waals surface area contributed by atoms with E-state index in [-0.39, 0.29) is 0 Å². The third kappa shape index (κ3) is 3.46. The molecule has 0 aromatic carbocycles. The number of rotatable bonds is 6. The summed E-state index contributed by atoms with van der Waals surface area (Å²) in [5.41, 5.74) is 0. The summed E-state index contributed by atoms with van der Waals surface area (Å²) in [7, 11) is 0. The van der Waals surface area contributed by atoms with E-state index >= 15 is 0 Å². The van der Waals surface area contributed by atoms with Crippen LogP contribution in [0.3, 0.4) is 0 Å². The molecule has 2 atom stereocenters. The highest BCUT2D eigenvalue weighted by Crippen LogP contribution is 2.30. The number of nitrogens with one attached hydrogen (secondary N) is 1. The smallest absolute Gasteiger partial charge is 0.229 e. The lowest BCUT2D eigenvalue weighted by Gasteiger charge is -2.37. The predicted molar refractivity (Wildman–Crippen MR) is 82.1 cm³/mol. The maximum absolute atomic E-state index is 5.35. The van der Waals surface area contributed by atoms with E-state index in [0.717, 1.165) is 36.9 Å². The van der Waals surface area contributed by atoms with Crippen LogP contribution >= 0.6 is 0 Å². The molecule has 118 valence electrons. The number of fused-ring (bicyclic) bond motifs is 2. The molecule has 0 saturated carbocycles. The lowest BCUT2D eigenvalue weighted by Crippen LogP contribution is -2.48. The van der Waals surface area contributed by atoms with Crippen molar-refractivity contribution >= 4 is 0 Å². The van der Waals surface area contributed by atoms with Crippen molar-refractivity contribution in [2.24, 2.45) is 0 Å². The van der Waals surface area contributed by atoms with Crippen molar-refractivity contribution in [3.05, 3.63) is 11.7 Å². The monoisotopic (exact) mass is 292 g/mol. The minimum Gasteiger partial charge on any atom is -0.339 e. The Morgan fingerprint density at radius 2 is 2.00 bits per heavy atom. The molecule has 0 spiro atoms. The Hall–Kier alpha value is -0.940. The molecule has 2 aliphatic heterocycles. The molecule has 2 aliphatic rings. The number of aromatic nitrogens is 2. The van der Waals surface area contributed by atoms with E-state index in [9.17, 15) is 0 Å². The number of hydrogen-bond acceptors (Lipinski definition) is 5. The lowest BCUT2D eigenvalue weighted by atomic mass is 9.98. The first-order valence-corrected chi connectivity index (χ1v) is 8.48. The summed E-state index contributed by atoms with van der Waals surface area (Å²) in [6, 6.07) is 2.12. The Kier molecular flexibility index (Phi) is 4.60. The van der Waals surface area contributed by atoms with Crippen molar-refractivity contribution in [3.8, 4) is 0 Å². The summed E-state index contributed by atoms with van der Waals surface area (Å²) >= 11 is 0. The molecule has 5 heteroatoms. The molecule has 2 bridgehead atoms. The molecule has 0 radical (unpaired) electrons. The van der Waals surface area contributed by atoms with E-state index in [1.54, 1.807) is 0 Å². The zero-order valence-corrected chi connectivity index (χ0v) is 13.5. The lowest BCUT2D eigenvalue weighted by molar-refractivity contribution is 0.129. The van der Waals surface area contributed by atoms with Crippen molar-refractivity contribution < 1.29 is 4.52 Å². The zero-order chi connectivity index (χ0) is 14.8. The average Bonchev–Trinajstić information content (AvgIpc) is 3.05. The van der Waals surface area contributed by atoms with Crippen LogP contribution in [0.2, 0.25) is 0 Å². The van der Waals surface area contributed by atoms with Gasteiger partial charge in [-0.1, -0.05) is 25.9 Å². The van der Waals surface area contributed by atoms with Crippen molar-refractivity contribution in [1.29, 1.82) is 0 Å². The molecule has 0 amide bonds. The second kappa shape index (κ2) is 6.44. The van der Waals surface area contributed by atoms with Gasteiger partial charge in [-0.05, 0) is 38.6 Å². The Balaban J connectivity index is 1.66. The summed E-state index contributed by atoms with van der Waals surface area (Å²) in [5, 5.41) is 7.89. The maximum atomic E-state index is 5.35. The first-order valence-electron chi connectivity index (χ1n) is 8.48. The van der Waals surface area contributed by atoms with Gasteiger partial charge in [0.25, 0.3) is 0 Å². The molecule has 1 N–H and O–H groups in total. The van der Waals surface area contributed by atoms with E-state index < -0.39 is 0 Å². The van der Waals surface area contributed by atoms with Gasteiger partial charge < -0.3 is 9.84 Å². The van der Waals surface area contributed by atoms with Gasteiger partial charge >= 0.3 is 0 Å². The van der Waals surface area contributed by atoms with Crippen LogP contribution in [-0.2, 0) is 6.54 Å². The minimum absolute atomic E-state index is 0.306. The topological polar surface area (TPSA) is 54.2 Å². The Bertz CT molecular complexity index is 447. The van der Waals surface area contributed by atoms with Gasteiger partial charge in [0.05, 0.1) is 6.54 Å². The van der Waals surface area contributed by atoms with Gasteiger partial charge in [0.15, 0.2) is 5.82 Å². The van der Waals surface area contributed by atoms with Crippen LogP contribution in [0, 0.1) is 0 Å². The van der Waals surface area contributed by atoms with Gasteiger partial charge in [-0.3, -0.25) is 4.90 Å². The highest BCUT2D eigenvalue weighted by molar-refractivity contribution is 4.97. The maximum Gasteiger partial charge on any atom is 0.229 e. The fourth-order valence-electron chi connectivity index (χ4n) is 3.75. The summed E-state index contributed by atoms with van der Waals surface area (Å²) in [5.74, 6) is 1.91. The second-order valence-electron chi connectivity index (χ2n) is 6.94. The van der Waals surface area contributed by atoms with Crippen molar-refractivity contribution in [2.75, 3.05) is 6.54 Å². The highest BCUT2D eigenvalue weighted by atomic mass is 16.5. The molecule has 2 fully saturated rings. The first kappa shape index (κ1) is 15.0. The van der Waals surface area contributed by atoms with Crippen LogP contribution in [0.4, 0.5) is 0 Å². The third-order valence-corrected chi connectivity index (χ3v) is 4.80. The number of nitrogens with zero attached hydrogens (tertiary/aromatic N) is 3. The van der Waals surface area contributed by atoms with Gasteiger partial charge in [-0.2, -0.15) is 4.98 Å². The van der Waals surface area contributed by atoms with Crippen LogP contribution in [0.1, 0.15) is 70.5 Å². The normalized spacial score (nSPS) is 28.7. The van der Waals surface area contributed by atoms with Gasteiger partial charge in [0.2, 0.25) is 5.89 Å². The van der Waals surface area contributed by atoms with E-state index in [0.29, 0.717) is 12.0 Å². The summed E-state index contributed by atoms with van der Waals surface area (Å²) in [6.07, 6.45) is 6.41. The average molecular weight is 292 g/mol. The number of hydrogen-bond donors (Lipinski definition) is 1. The number of piperidine rings is 1. The molecule has 2 unspecified atom stereocenters. The van der Waals surface area contributed by atoms with E-state index in [1.807, 2.05) is 0 Å². The molecule has 1 aromatic rings. The molecule has 3 rings (SSSR count). The molecule has 1 aromatic heterocycles. The molecular weight excluding hydrogens is 264 g/mol. The standard InChI is InChI=1S/C16H28N4O/c1-4-7-20(10-15-18-16(11(2)3)21-19-15)14-8-12-5-6-13(9-14)17-12/h11-14,17H,4-10H2,1-3H3. The minimum atomic E-state index is 0.306. The Morgan fingerprint density at radius 1 is 1.29 bits per heavy atom. The van der Waals surface area contributed by atoms with Crippen LogP contribution in [-0.4, -0.2) is 39.7 Å². The fraction of sp³-hybridized carbons (Fsp3) is 0.875. The molecule has 21 heavy (non-hydrogen) atoms. The van der Waals surface area contributed by atoms with Crippen molar-refractivity contribution in [1.82, 2.24) is 20.4 Å². The van der Waals surface area contributed by atoms with Gasteiger partial charge in [0.1, 0.15) is 0 Å². The van der Waals surface area contributed by atoms with Crippen LogP contribution < -0.4 is 5.32 Å². The fourth-order valence-corrected chi connectivity index (χ4v) is 3.75. The van der Waals surface area contributed by atoms with Gasteiger partial charge in [-0.25, -0.2) is 0 Å². The van der Waals surface area contributed by atoms with E-state index in [4.69, 9.17) is 4.52 Å². The van der Waals surface area contributed by atoms with E-state index in [1.165, 1.54) is 32.1 Å². The largest absolute Gasteiger partial charge is 0.339 e. The van der Waals surface area contributed by atoms with Crippen LogP contribution in [0.15, 0.2) is 4.52 Å². The third-order valence-electron chi connectivity index (χ3n) is 4.80. The molecule has 5 nitrogen and oxygen atoms in total. The quantitative estimate of drug-likeness (QED) is 0.873. The van der Waals surface area contributed by atoms with Crippen molar-refractivity contribution in [2.45, 2.75) is 83.5 Å². The summed E-state index contributed by atoms with van der Waals surface area (Å²) in [4.78, 5) is 7.12. The highest BCUT2D eigenvalue weighted by Gasteiger charge is 2.36. The second-order valence-corrected chi connectivity index (χ2v) is 6.94. The Morgan fingerprint density at radius 3 is 2.57 bits per heavy atom. The van der Waals surface area contributed by atoms with Gasteiger partial charge in [0, 0.05) is 24.0 Å². The Labute approximate surface area is 127 Å². The van der Waals surface area contributed by atoms with Crippen LogP contribution in [0.25, 0.3) is 0 Å². The first-order chi connectivity index (χ1) is 10.2. The van der Waals surface area contributed by atoms with Crippen molar-refractivity contribution in [3.63, 3.8) is 0 Å². The SMILES string of the molecule is CCCN(Cc1noc(C(C)C)n1)C1CC2CCC(C1)N2.